The zero-order valence-corrected chi connectivity index (χ0v) is 19.4. The van der Waals surface area contributed by atoms with E-state index in [4.69, 9.17) is 0 Å². The summed E-state index contributed by atoms with van der Waals surface area (Å²) in [6.45, 7) is 9.41. The maximum atomic E-state index is 13.0. The summed E-state index contributed by atoms with van der Waals surface area (Å²) in [7, 11) is -3.67. The van der Waals surface area contributed by atoms with Crippen LogP contribution in [0.3, 0.4) is 0 Å². The minimum atomic E-state index is -3.67. The summed E-state index contributed by atoms with van der Waals surface area (Å²) < 4.78 is 30.1. The van der Waals surface area contributed by atoms with Crippen LogP contribution >= 0.6 is 0 Å². The van der Waals surface area contributed by atoms with Crippen LogP contribution in [0.1, 0.15) is 80.7 Å². The first-order valence-electron chi connectivity index (χ1n) is 10.6. The number of anilines is 1. The first kappa shape index (κ1) is 22.6. The van der Waals surface area contributed by atoms with Gasteiger partial charge in [-0.3, -0.25) is 4.79 Å². The van der Waals surface area contributed by atoms with E-state index in [-0.39, 0.29) is 10.8 Å². The summed E-state index contributed by atoms with van der Waals surface area (Å²) >= 11 is 0. The van der Waals surface area contributed by atoms with Gasteiger partial charge in [0.05, 0.1) is 10.5 Å². The molecule has 0 saturated heterocycles. The van der Waals surface area contributed by atoms with Crippen LogP contribution in [0.2, 0.25) is 0 Å². The molecule has 0 atom stereocenters. The molecule has 1 aliphatic carbocycles. The Morgan fingerprint density at radius 3 is 2.37 bits per heavy atom. The van der Waals surface area contributed by atoms with E-state index in [1.165, 1.54) is 31.4 Å². The van der Waals surface area contributed by atoms with Crippen molar-refractivity contribution in [2.24, 2.45) is 0 Å². The molecule has 2 N–H and O–H groups in total. The second kappa shape index (κ2) is 8.55. The van der Waals surface area contributed by atoms with E-state index in [9.17, 15) is 13.2 Å². The van der Waals surface area contributed by atoms with Crippen LogP contribution in [0.15, 0.2) is 35.2 Å². The van der Waals surface area contributed by atoms with E-state index in [2.05, 4.69) is 14.6 Å². The number of hydrogen-bond donors (Lipinski definition) is 2. The molecule has 1 saturated carbocycles. The number of nitrogens with zero attached hydrogens (tertiary/aromatic N) is 1. The van der Waals surface area contributed by atoms with Crippen molar-refractivity contribution in [1.29, 1.82) is 0 Å². The van der Waals surface area contributed by atoms with Crippen molar-refractivity contribution >= 4 is 21.6 Å². The summed E-state index contributed by atoms with van der Waals surface area (Å²) in [6.07, 6.45) is 6.04. The molecule has 1 aromatic carbocycles. The monoisotopic (exact) mass is 431 g/mol. The lowest BCUT2D eigenvalue weighted by Crippen LogP contribution is -2.40. The molecule has 1 aromatic heterocycles. The highest BCUT2D eigenvalue weighted by Gasteiger charge is 2.24. The fourth-order valence-electron chi connectivity index (χ4n) is 4.31. The predicted molar refractivity (Wildman–Crippen MR) is 120 cm³/mol. The molecule has 30 heavy (non-hydrogen) atoms. The number of nitrogens with one attached hydrogen (secondary N) is 2. The lowest BCUT2D eigenvalue weighted by atomic mass is 9.95. The van der Waals surface area contributed by atoms with Crippen molar-refractivity contribution in [3.63, 3.8) is 0 Å². The van der Waals surface area contributed by atoms with Gasteiger partial charge in [0.15, 0.2) is 0 Å². The first-order valence-corrected chi connectivity index (χ1v) is 12.1. The number of carbonyl (C=O) groups is 1. The minimum absolute atomic E-state index is 0.128. The summed E-state index contributed by atoms with van der Waals surface area (Å²) in [5.74, 6) is -0.219. The number of rotatable bonds is 5. The molecule has 1 amide bonds. The number of aryl methyl sites for hydroxylation is 1. The third-order valence-electron chi connectivity index (χ3n) is 5.51. The second-order valence-electron chi connectivity index (χ2n) is 9.28. The molecule has 1 heterocycles. The van der Waals surface area contributed by atoms with Gasteiger partial charge in [-0.15, -0.1) is 0 Å². The molecular formula is C23H33N3O3S. The molecule has 6 nitrogen and oxygen atoms in total. The first-order chi connectivity index (χ1) is 14.0. The van der Waals surface area contributed by atoms with Gasteiger partial charge in [-0.2, -0.15) is 0 Å². The van der Waals surface area contributed by atoms with E-state index in [0.717, 1.165) is 24.2 Å². The Bertz CT molecular complexity index is 1030. The van der Waals surface area contributed by atoms with E-state index >= 15 is 0 Å². The molecule has 1 fully saturated rings. The zero-order valence-electron chi connectivity index (χ0n) is 18.6. The zero-order chi connectivity index (χ0) is 22.1. The summed E-state index contributed by atoms with van der Waals surface area (Å²) in [4.78, 5) is 13.1. The normalized spacial score (nSPS) is 15.9. The van der Waals surface area contributed by atoms with Gasteiger partial charge in [0.25, 0.3) is 5.91 Å². The van der Waals surface area contributed by atoms with Gasteiger partial charge in [0, 0.05) is 28.7 Å². The van der Waals surface area contributed by atoms with Crippen LogP contribution in [0.4, 0.5) is 5.69 Å². The summed E-state index contributed by atoms with van der Waals surface area (Å²) in [5, 5.41) is 2.87. The Morgan fingerprint density at radius 1 is 1.07 bits per heavy atom. The van der Waals surface area contributed by atoms with Crippen molar-refractivity contribution in [1.82, 2.24) is 9.29 Å². The summed E-state index contributed by atoms with van der Waals surface area (Å²) in [5.41, 5.74) is 2.57. The Balaban J connectivity index is 1.82. The molecule has 0 aliphatic heterocycles. The molecule has 0 bridgehead atoms. The molecule has 0 unspecified atom stereocenters. The van der Waals surface area contributed by atoms with Crippen molar-refractivity contribution in [3.8, 4) is 0 Å². The third-order valence-corrected chi connectivity index (χ3v) is 7.27. The molecule has 1 aliphatic rings. The van der Waals surface area contributed by atoms with Gasteiger partial charge >= 0.3 is 0 Å². The molecule has 7 heteroatoms. The van der Waals surface area contributed by atoms with Crippen molar-refractivity contribution < 1.29 is 13.2 Å². The predicted octanol–water partition coefficient (Wildman–Crippen LogP) is 4.94. The molecule has 164 valence electrons. The highest BCUT2D eigenvalue weighted by molar-refractivity contribution is 7.89. The topological polar surface area (TPSA) is 80.2 Å². The van der Waals surface area contributed by atoms with Crippen LogP contribution in [0.5, 0.6) is 0 Å². The largest absolute Gasteiger partial charge is 0.345 e. The van der Waals surface area contributed by atoms with Crippen LogP contribution in [0, 0.1) is 13.8 Å². The second-order valence-corrected chi connectivity index (χ2v) is 11.0. The van der Waals surface area contributed by atoms with Gasteiger partial charge in [-0.25, -0.2) is 13.1 Å². The molecular weight excluding hydrogens is 398 g/mol. The number of sulfonamides is 1. The fourth-order valence-corrected chi connectivity index (χ4v) is 5.77. The molecule has 3 rings (SSSR count). The Kier molecular flexibility index (Phi) is 6.43. The summed E-state index contributed by atoms with van der Waals surface area (Å²) in [6, 6.07) is 8.75. The number of aromatic nitrogens is 1. The van der Waals surface area contributed by atoms with Crippen molar-refractivity contribution in [2.75, 3.05) is 5.32 Å². The smallest absolute Gasteiger partial charge is 0.257 e. The van der Waals surface area contributed by atoms with E-state index in [1.54, 1.807) is 32.9 Å². The third kappa shape index (κ3) is 5.13. The van der Waals surface area contributed by atoms with Crippen LogP contribution in [-0.4, -0.2) is 24.4 Å². The Labute approximate surface area is 180 Å². The van der Waals surface area contributed by atoms with E-state index in [1.807, 2.05) is 19.9 Å². The quantitative estimate of drug-likeness (QED) is 0.704. The molecule has 0 radical (unpaired) electrons. The Morgan fingerprint density at radius 2 is 1.73 bits per heavy atom. The SMILES string of the molecule is Cc1cc(C(=O)Nc2cccc(S(=O)(=O)NC(C)(C)C)c2)c(C)n1C1CCCCC1. The fraction of sp³-hybridized carbons (Fsp3) is 0.522. The van der Waals surface area contributed by atoms with Gasteiger partial charge in [0.1, 0.15) is 0 Å². The van der Waals surface area contributed by atoms with Crippen LogP contribution < -0.4 is 10.0 Å². The minimum Gasteiger partial charge on any atom is -0.345 e. The maximum Gasteiger partial charge on any atom is 0.257 e. The average Bonchev–Trinajstić information content (AvgIpc) is 2.95. The van der Waals surface area contributed by atoms with Crippen molar-refractivity contribution in [3.05, 3.63) is 47.3 Å². The molecule has 0 spiro atoms. The molecule has 2 aromatic rings. The lowest BCUT2D eigenvalue weighted by molar-refractivity contribution is 0.102. The van der Waals surface area contributed by atoms with Crippen molar-refractivity contribution in [2.45, 2.75) is 83.2 Å². The average molecular weight is 432 g/mol. The van der Waals surface area contributed by atoms with Crippen LogP contribution in [0.25, 0.3) is 0 Å². The lowest BCUT2D eigenvalue weighted by Gasteiger charge is -2.26. The number of carbonyl (C=O) groups excluding carboxylic acids is 1. The highest BCUT2D eigenvalue weighted by atomic mass is 32.2. The van der Waals surface area contributed by atoms with Gasteiger partial charge in [-0.1, -0.05) is 25.3 Å². The highest BCUT2D eigenvalue weighted by Crippen LogP contribution is 2.32. The maximum absolute atomic E-state index is 13.0. The number of benzene rings is 1. The number of hydrogen-bond acceptors (Lipinski definition) is 3. The Hall–Kier alpha value is -2.12. The van der Waals surface area contributed by atoms with Crippen LogP contribution in [-0.2, 0) is 10.0 Å². The van der Waals surface area contributed by atoms with Gasteiger partial charge < -0.3 is 9.88 Å². The van der Waals surface area contributed by atoms with E-state index in [0.29, 0.717) is 17.3 Å². The number of amides is 1. The van der Waals surface area contributed by atoms with Gasteiger partial charge in [-0.05, 0) is 71.7 Å². The van der Waals surface area contributed by atoms with E-state index < -0.39 is 15.6 Å². The standard InChI is InChI=1S/C23H33N3O3S/c1-16-14-21(17(2)26(16)19-11-7-6-8-12-19)22(27)24-18-10-9-13-20(15-18)30(28,29)25-23(3,4)5/h9-10,13-15,19,25H,6-8,11-12H2,1-5H3,(H,24,27). The van der Waals surface area contributed by atoms with Gasteiger partial charge in [0.2, 0.25) is 10.0 Å².